The SMILES string of the molecule is COc1ccc2cc(/C=C/C(=O)c3cccc(N)c3)c(Cl)nc2c1. The van der Waals surface area contributed by atoms with Gasteiger partial charge >= 0.3 is 0 Å². The Balaban J connectivity index is 1.91. The van der Waals surface area contributed by atoms with E-state index < -0.39 is 0 Å². The Kier molecular flexibility index (Phi) is 4.49. The number of ether oxygens (including phenoxy) is 1. The standard InChI is InChI=1S/C19H15ClN2O2/c1-24-16-7-5-12-9-14(19(20)22-17(12)11-16)6-8-18(23)13-3-2-4-15(21)10-13/h2-11H,21H2,1H3/b8-6+. The molecule has 1 heterocycles. The fraction of sp³-hybridized carbons (Fsp3) is 0.0526. The van der Waals surface area contributed by atoms with Gasteiger partial charge in [-0.2, -0.15) is 0 Å². The number of nitrogen functional groups attached to an aromatic ring is 1. The van der Waals surface area contributed by atoms with Crippen molar-refractivity contribution in [3.8, 4) is 5.75 Å². The monoisotopic (exact) mass is 338 g/mol. The Morgan fingerprint density at radius 3 is 2.79 bits per heavy atom. The number of methoxy groups -OCH3 is 1. The van der Waals surface area contributed by atoms with Gasteiger partial charge in [-0.3, -0.25) is 4.79 Å². The molecular formula is C19H15ClN2O2. The smallest absolute Gasteiger partial charge is 0.185 e. The topological polar surface area (TPSA) is 65.2 Å². The minimum atomic E-state index is -0.145. The van der Waals surface area contributed by atoms with E-state index in [1.54, 1.807) is 37.5 Å². The number of halogens is 1. The molecule has 0 aliphatic heterocycles. The molecule has 0 spiro atoms. The lowest BCUT2D eigenvalue weighted by Gasteiger charge is -2.05. The second-order valence-electron chi connectivity index (χ2n) is 5.25. The van der Waals surface area contributed by atoms with Crippen molar-refractivity contribution in [3.05, 3.63) is 70.9 Å². The van der Waals surface area contributed by atoms with Crippen molar-refractivity contribution >= 4 is 40.1 Å². The largest absolute Gasteiger partial charge is 0.497 e. The summed E-state index contributed by atoms with van der Waals surface area (Å²) in [5.74, 6) is 0.569. The van der Waals surface area contributed by atoms with Crippen LogP contribution in [0.1, 0.15) is 15.9 Å². The summed E-state index contributed by atoms with van der Waals surface area (Å²) < 4.78 is 5.18. The minimum absolute atomic E-state index is 0.145. The van der Waals surface area contributed by atoms with Crippen LogP contribution in [0.25, 0.3) is 17.0 Å². The third-order valence-electron chi connectivity index (χ3n) is 3.59. The highest BCUT2D eigenvalue weighted by Crippen LogP contribution is 2.25. The van der Waals surface area contributed by atoms with Crippen LogP contribution in [0, 0.1) is 0 Å². The molecule has 0 radical (unpaired) electrons. The van der Waals surface area contributed by atoms with Crippen LogP contribution >= 0.6 is 11.6 Å². The van der Waals surface area contributed by atoms with Gasteiger partial charge in [0.2, 0.25) is 0 Å². The highest BCUT2D eigenvalue weighted by molar-refractivity contribution is 6.31. The number of hydrogen-bond donors (Lipinski definition) is 1. The summed E-state index contributed by atoms with van der Waals surface area (Å²) in [4.78, 5) is 16.6. The van der Waals surface area contributed by atoms with Crippen molar-refractivity contribution in [3.63, 3.8) is 0 Å². The molecular weight excluding hydrogens is 324 g/mol. The molecule has 24 heavy (non-hydrogen) atoms. The van der Waals surface area contributed by atoms with Gasteiger partial charge in [0.05, 0.1) is 12.6 Å². The van der Waals surface area contributed by atoms with Crippen molar-refractivity contribution in [2.45, 2.75) is 0 Å². The first-order valence-electron chi connectivity index (χ1n) is 7.29. The Labute approximate surface area is 144 Å². The zero-order chi connectivity index (χ0) is 17.1. The number of fused-ring (bicyclic) bond motifs is 1. The fourth-order valence-corrected chi connectivity index (χ4v) is 2.55. The van der Waals surface area contributed by atoms with Gasteiger partial charge in [0.25, 0.3) is 0 Å². The van der Waals surface area contributed by atoms with Crippen molar-refractivity contribution in [2.75, 3.05) is 12.8 Å². The fourth-order valence-electron chi connectivity index (χ4n) is 2.34. The summed E-state index contributed by atoms with van der Waals surface area (Å²) in [7, 11) is 1.60. The lowest BCUT2D eigenvalue weighted by atomic mass is 10.1. The number of nitrogens with zero attached hydrogens (tertiary/aromatic N) is 1. The van der Waals surface area contributed by atoms with E-state index in [-0.39, 0.29) is 5.78 Å². The molecule has 120 valence electrons. The Bertz CT molecular complexity index is 951. The molecule has 3 rings (SSSR count). The van der Waals surface area contributed by atoms with Crippen molar-refractivity contribution in [1.82, 2.24) is 4.98 Å². The first-order chi connectivity index (χ1) is 11.6. The number of carbonyl (C=O) groups excluding carboxylic acids is 1. The molecule has 0 fully saturated rings. The minimum Gasteiger partial charge on any atom is -0.497 e. The van der Waals surface area contributed by atoms with Gasteiger partial charge in [-0.15, -0.1) is 0 Å². The number of benzene rings is 2. The molecule has 0 amide bonds. The molecule has 0 unspecified atom stereocenters. The summed E-state index contributed by atoms with van der Waals surface area (Å²) in [5, 5.41) is 1.24. The van der Waals surface area contributed by atoms with Crippen LogP contribution in [-0.4, -0.2) is 17.9 Å². The number of allylic oxidation sites excluding steroid dienone is 1. The number of rotatable bonds is 4. The number of aromatic nitrogens is 1. The molecule has 0 aliphatic rings. The predicted octanol–water partition coefficient (Wildman–Crippen LogP) is 4.38. The first-order valence-corrected chi connectivity index (χ1v) is 7.67. The van der Waals surface area contributed by atoms with Crippen LogP contribution in [0.2, 0.25) is 5.15 Å². The van der Waals surface area contributed by atoms with E-state index in [1.807, 2.05) is 24.3 Å². The van der Waals surface area contributed by atoms with E-state index in [4.69, 9.17) is 22.1 Å². The summed E-state index contributed by atoms with van der Waals surface area (Å²) in [5.41, 5.74) is 8.18. The van der Waals surface area contributed by atoms with E-state index in [0.717, 1.165) is 10.9 Å². The first kappa shape index (κ1) is 16.0. The maximum absolute atomic E-state index is 12.2. The lowest BCUT2D eigenvalue weighted by molar-refractivity contribution is 0.104. The van der Waals surface area contributed by atoms with Gasteiger partial charge in [-0.1, -0.05) is 23.7 Å². The normalized spacial score (nSPS) is 11.1. The Hall–Kier alpha value is -2.85. The zero-order valence-corrected chi connectivity index (χ0v) is 13.7. The van der Waals surface area contributed by atoms with Crippen molar-refractivity contribution in [1.29, 1.82) is 0 Å². The number of hydrogen-bond acceptors (Lipinski definition) is 4. The highest BCUT2D eigenvalue weighted by Gasteiger charge is 2.06. The predicted molar refractivity (Wildman–Crippen MR) is 97.5 cm³/mol. The second kappa shape index (κ2) is 6.72. The van der Waals surface area contributed by atoms with Crippen LogP contribution in [0.15, 0.2) is 54.6 Å². The van der Waals surface area contributed by atoms with Crippen LogP contribution < -0.4 is 10.5 Å². The molecule has 2 aromatic carbocycles. The molecule has 4 nitrogen and oxygen atoms in total. The van der Waals surface area contributed by atoms with Crippen LogP contribution in [0.5, 0.6) is 5.75 Å². The molecule has 5 heteroatoms. The third-order valence-corrected chi connectivity index (χ3v) is 3.89. The molecule has 2 N–H and O–H groups in total. The highest BCUT2D eigenvalue weighted by atomic mass is 35.5. The average molecular weight is 339 g/mol. The van der Waals surface area contributed by atoms with Gasteiger partial charge in [-0.25, -0.2) is 4.98 Å². The molecule has 0 saturated heterocycles. The number of carbonyl (C=O) groups is 1. The van der Waals surface area contributed by atoms with Crippen LogP contribution in [0.3, 0.4) is 0 Å². The van der Waals surface area contributed by atoms with Gasteiger partial charge < -0.3 is 10.5 Å². The molecule has 0 saturated carbocycles. The van der Waals surface area contributed by atoms with Crippen molar-refractivity contribution < 1.29 is 9.53 Å². The average Bonchev–Trinajstić information content (AvgIpc) is 2.59. The summed E-state index contributed by atoms with van der Waals surface area (Å²) in [6.45, 7) is 0. The van der Waals surface area contributed by atoms with Gasteiger partial charge in [0.1, 0.15) is 10.9 Å². The van der Waals surface area contributed by atoms with Crippen molar-refractivity contribution in [2.24, 2.45) is 0 Å². The Morgan fingerprint density at radius 2 is 2.04 bits per heavy atom. The molecule has 0 bridgehead atoms. The number of ketones is 1. The summed E-state index contributed by atoms with van der Waals surface area (Å²) in [6.07, 6.45) is 3.12. The van der Waals surface area contributed by atoms with E-state index in [0.29, 0.717) is 27.7 Å². The van der Waals surface area contributed by atoms with Crippen LogP contribution in [0.4, 0.5) is 5.69 Å². The van der Waals surface area contributed by atoms with Gasteiger partial charge in [-0.05, 0) is 42.5 Å². The lowest BCUT2D eigenvalue weighted by Crippen LogP contribution is -1.96. The number of nitrogens with two attached hydrogens (primary N) is 1. The maximum Gasteiger partial charge on any atom is 0.185 e. The summed E-state index contributed by atoms with van der Waals surface area (Å²) in [6, 6.07) is 14.3. The van der Waals surface area contributed by atoms with Gasteiger partial charge in [0, 0.05) is 28.3 Å². The number of anilines is 1. The van der Waals surface area contributed by atoms with E-state index in [2.05, 4.69) is 4.98 Å². The summed E-state index contributed by atoms with van der Waals surface area (Å²) >= 11 is 6.22. The second-order valence-corrected chi connectivity index (χ2v) is 5.61. The molecule has 0 aliphatic carbocycles. The van der Waals surface area contributed by atoms with E-state index in [9.17, 15) is 4.79 Å². The molecule has 1 aromatic heterocycles. The van der Waals surface area contributed by atoms with Crippen LogP contribution in [-0.2, 0) is 0 Å². The zero-order valence-electron chi connectivity index (χ0n) is 13.0. The third kappa shape index (κ3) is 3.39. The molecule has 0 atom stereocenters. The maximum atomic E-state index is 12.2. The quantitative estimate of drug-likeness (QED) is 0.332. The van der Waals surface area contributed by atoms with E-state index in [1.165, 1.54) is 6.08 Å². The van der Waals surface area contributed by atoms with Gasteiger partial charge in [0.15, 0.2) is 5.78 Å². The van der Waals surface area contributed by atoms with E-state index >= 15 is 0 Å². The Morgan fingerprint density at radius 1 is 1.21 bits per heavy atom. The molecule has 3 aromatic rings. The number of pyridine rings is 1.